The van der Waals surface area contributed by atoms with E-state index in [9.17, 15) is 0 Å². The van der Waals surface area contributed by atoms with Crippen LogP contribution in [-0.2, 0) is 13.1 Å². The lowest BCUT2D eigenvalue weighted by atomic mass is 10.1. The van der Waals surface area contributed by atoms with Crippen molar-refractivity contribution in [2.24, 2.45) is 5.73 Å². The highest BCUT2D eigenvalue weighted by Gasteiger charge is 2.22. The maximum atomic E-state index is 6.01. The zero-order chi connectivity index (χ0) is 11.1. The summed E-state index contributed by atoms with van der Waals surface area (Å²) in [6.45, 7) is 9.74. The van der Waals surface area contributed by atoms with E-state index < -0.39 is 0 Å². The molecule has 1 aromatic rings. The van der Waals surface area contributed by atoms with E-state index in [1.54, 1.807) is 0 Å². The lowest BCUT2D eigenvalue weighted by Crippen LogP contribution is -2.47. The number of nitrogens with two attached hydrogens (primary N) is 1. The van der Waals surface area contributed by atoms with Gasteiger partial charge in [0, 0.05) is 18.6 Å². The second kappa shape index (κ2) is 3.57. The van der Waals surface area contributed by atoms with Gasteiger partial charge in [-0.05, 0) is 20.8 Å². The van der Waals surface area contributed by atoms with Gasteiger partial charge in [-0.2, -0.15) is 5.10 Å². The molecule has 1 aliphatic rings. The molecule has 84 valence electrons. The quantitative estimate of drug-likeness (QED) is 0.752. The monoisotopic (exact) mass is 209 g/mol. The highest BCUT2D eigenvalue weighted by Crippen LogP contribution is 2.12. The summed E-state index contributed by atoms with van der Waals surface area (Å²) in [5, 5.41) is 4.33. The molecule has 0 bridgehead atoms. The molecule has 2 N–H and O–H groups in total. The van der Waals surface area contributed by atoms with Crippen LogP contribution in [-0.4, -0.2) is 38.3 Å². The van der Waals surface area contributed by atoms with Gasteiger partial charge in [-0.15, -0.1) is 0 Å². The van der Waals surface area contributed by atoms with Crippen molar-refractivity contribution in [3.05, 3.63) is 11.6 Å². The van der Waals surface area contributed by atoms with Crippen molar-refractivity contribution >= 4 is 0 Å². The molecule has 1 aromatic heterocycles. The van der Waals surface area contributed by atoms with E-state index in [0.29, 0.717) is 0 Å². The first-order chi connectivity index (χ1) is 6.94. The summed E-state index contributed by atoms with van der Waals surface area (Å²) in [5.74, 6) is 1.92. The molecule has 0 amide bonds. The molecular formula is C10H19N5. The van der Waals surface area contributed by atoms with Crippen LogP contribution in [0, 0.1) is 6.92 Å². The van der Waals surface area contributed by atoms with Crippen LogP contribution in [0.15, 0.2) is 0 Å². The Balaban J connectivity index is 2.05. The fraction of sp³-hybridized carbons (Fsp3) is 0.800. The molecular weight excluding hydrogens is 190 g/mol. The summed E-state index contributed by atoms with van der Waals surface area (Å²) in [6.07, 6.45) is 0. The van der Waals surface area contributed by atoms with Crippen molar-refractivity contribution in [1.82, 2.24) is 19.7 Å². The lowest BCUT2D eigenvalue weighted by Gasteiger charge is -2.32. The van der Waals surface area contributed by atoms with Crippen LogP contribution in [0.2, 0.25) is 0 Å². The average Bonchev–Trinajstić information content (AvgIpc) is 2.40. The number of hydrogen-bond donors (Lipinski definition) is 1. The van der Waals surface area contributed by atoms with Crippen LogP contribution in [0.25, 0.3) is 0 Å². The van der Waals surface area contributed by atoms with E-state index in [0.717, 1.165) is 37.8 Å². The van der Waals surface area contributed by atoms with E-state index in [2.05, 4.69) is 28.8 Å². The van der Waals surface area contributed by atoms with Gasteiger partial charge in [-0.1, -0.05) is 0 Å². The van der Waals surface area contributed by atoms with Gasteiger partial charge >= 0.3 is 0 Å². The molecule has 0 unspecified atom stereocenters. The van der Waals surface area contributed by atoms with Crippen molar-refractivity contribution in [3.8, 4) is 0 Å². The number of aryl methyl sites for hydroxylation is 1. The standard InChI is InChI=1S/C10H19N5/c1-8-12-9-6-14(7-10(2,3)11)4-5-15(9)13-8/h4-7,11H2,1-3H3. The first-order valence-electron chi connectivity index (χ1n) is 5.36. The molecule has 0 saturated carbocycles. The smallest absolute Gasteiger partial charge is 0.147 e. The molecule has 0 radical (unpaired) electrons. The molecule has 2 heterocycles. The summed E-state index contributed by atoms with van der Waals surface area (Å²) in [4.78, 5) is 6.74. The third-order valence-electron chi connectivity index (χ3n) is 2.48. The molecule has 0 saturated heterocycles. The molecule has 5 heteroatoms. The van der Waals surface area contributed by atoms with Crippen molar-refractivity contribution < 1.29 is 0 Å². The van der Waals surface area contributed by atoms with E-state index in [4.69, 9.17) is 5.73 Å². The fourth-order valence-electron chi connectivity index (χ4n) is 2.02. The molecule has 0 fully saturated rings. The van der Waals surface area contributed by atoms with Crippen LogP contribution in [0.1, 0.15) is 25.5 Å². The molecule has 2 rings (SSSR count). The number of fused-ring (bicyclic) bond motifs is 1. The van der Waals surface area contributed by atoms with Crippen molar-refractivity contribution in [1.29, 1.82) is 0 Å². The van der Waals surface area contributed by atoms with Gasteiger partial charge < -0.3 is 5.73 Å². The highest BCUT2D eigenvalue weighted by molar-refractivity contribution is 4.95. The van der Waals surface area contributed by atoms with Crippen molar-refractivity contribution in [2.45, 2.75) is 39.4 Å². The van der Waals surface area contributed by atoms with Crippen LogP contribution in [0.4, 0.5) is 0 Å². The van der Waals surface area contributed by atoms with Crippen LogP contribution in [0.3, 0.4) is 0 Å². The van der Waals surface area contributed by atoms with E-state index in [-0.39, 0.29) is 5.54 Å². The normalized spacial score (nSPS) is 17.9. The molecule has 0 spiro atoms. The summed E-state index contributed by atoms with van der Waals surface area (Å²) in [7, 11) is 0. The number of hydrogen-bond acceptors (Lipinski definition) is 4. The van der Waals surface area contributed by atoms with E-state index in [1.165, 1.54) is 0 Å². The van der Waals surface area contributed by atoms with Gasteiger partial charge in [-0.25, -0.2) is 9.67 Å². The molecule has 0 aliphatic carbocycles. The van der Waals surface area contributed by atoms with E-state index >= 15 is 0 Å². The molecule has 15 heavy (non-hydrogen) atoms. The second-order valence-corrected chi connectivity index (χ2v) is 5.00. The van der Waals surface area contributed by atoms with Crippen LogP contribution >= 0.6 is 0 Å². The summed E-state index contributed by atoms with van der Waals surface area (Å²) < 4.78 is 2.00. The summed E-state index contributed by atoms with van der Waals surface area (Å²) in [6, 6.07) is 0. The first kappa shape index (κ1) is 10.6. The second-order valence-electron chi connectivity index (χ2n) is 5.00. The van der Waals surface area contributed by atoms with Gasteiger partial charge in [0.1, 0.15) is 11.6 Å². The number of nitrogens with zero attached hydrogens (tertiary/aromatic N) is 4. The fourth-order valence-corrected chi connectivity index (χ4v) is 2.02. The SMILES string of the molecule is Cc1nc2n(n1)CCN(CC(C)(C)N)C2. The minimum absolute atomic E-state index is 0.142. The van der Waals surface area contributed by atoms with Crippen molar-refractivity contribution in [2.75, 3.05) is 13.1 Å². The van der Waals surface area contributed by atoms with E-state index in [1.807, 2.05) is 11.6 Å². The van der Waals surface area contributed by atoms with Gasteiger partial charge in [-0.3, -0.25) is 4.90 Å². The number of rotatable bonds is 2. The topological polar surface area (TPSA) is 60.0 Å². The molecule has 0 aromatic carbocycles. The minimum Gasteiger partial charge on any atom is -0.324 e. The van der Waals surface area contributed by atoms with Gasteiger partial charge in [0.25, 0.3) is 0 Å². The highest BCUT2D eigenvalue weighted by atomic mass is 15.4. The van der Waals surface area contributed by atoms with Gasteiger partial charge in [0.05, 0.1) is 13.1 Å². The Morgan fingerprint density at radius 2 is 2.13 bits per heavy atom. The summed E-state index contributed by atoms with van der Waals surface area (Å²) >= 11 is 0. The Morgan fingerprint density at radius 3 is 2.80 bits per heavy atom. The van der Waals surface area contributed by atoms with Crippen LogP contribution in [0.5, 0.6) is 0 Å². The van der Waals surface area contributed by atoms with Crippen LogP contribution < -0.4 is 5.73 Å². The first-order valence-corrected chi connectivity index (χ1v) is 5.36. The molecule has 0 atom stereocenters. The third-order valence-corrected chi connectivity index (χ3v) is 2.48. The third kappa shape index (κ3) is 2.54. The predicted molar refractivity (Wildman–Crippen MR) is 58.3 cm³/mol. The zero-order valence-electron chi connectivity index (χ0n) is 9.69. The average molecular weight is 209 g/mol. The Kier molecular flexibility index (Phi) is 2.52. The largest absolute Gasteiger partial charge is 0.324 e. The minimum atomic E-state index is -0.142. The summed E-state index contributed by atoms with van der Waals surface area (Å²) in [5.41, 5.74) is 5.87. The number of aromatic nitrogens is 3. The Morgan fingerprint density at radius 1 is 1.40 bits per heavy atom. The zero-order valence-corrected chi connectivity index (χ0v) is 9.69. The maximum Gasteiger partial charge on any atom is 0.147 e. The Labute approximate surface area is 90.3 Å². The van der Waals surface area contributed by atoms with Crippen molar-refractivity contribution in [3.63, 3.8) is 0 Å². The maximum absolute atomic E-state index is 6.01. The van der Waals surface area contributed by atoms with Gasteiger partial charge in [0.2, 0.25) is 0 Å². The van der Waals surface area contributed by atoms with Gasteiger partial charge in [0.15, 0.2) is 0 Å². The molecule has 5 nitrogen and oxygen atoms in total. The molecule has 1 aliphatic heterocycles. The Bertz CT molecular complexity index is 349. The predicted octanol–water partition coefficient (Wildman–Crippen LogP) is 0.139. The lowest BCUT2D eigenvalue weighted by molar-refractivity contribution is 0.176. The Hall–Kier alpha value is -0.940.